The van der Waals surface area contributed by atoms with Gasteiger partial charge in [-0.2, -0.15) is 0 Å². The summed E-state index contributed by atoms with van der Waals surface area (Å²) in [4.78, 5) is 38.1. The van der Waals surface area contributed by atoms with Crippen LogP contribution in [0.2, 0.25) is 0 Å². The van der Waals surface area contributed by atoms with E-state index in [0.29, 0.717) is 17.4 Å². The SMILES string of the molecule is CC/C=C\C/C=C\C/C=C\C/C=C\C/C=C\CCCCCCCCCCCCCCCCCCCCCCCC(=O)OC(COC(=O)CCCCCCCCCCCCCCCCCCCCCCCCCCCCC)COP(=O)([O-])OCC[N+](C)(C)C. The summed E-state index contributed by atoms with van der Waals surface area (Å²) in [5.41, 5.74) is 0. The molecular weight excluding hydrogens is 1110 g/mol. The first-order chi connectivity index (χ1) is 43.0. The monoisotopic (exact) mass is 1260 g/mol. The van der Waals surface area contributed by atoms with Crippen LogP contribution in [-0.2, 0) is 32.7 Å². The van der Waals surface area contributed by atoms with E-state index in [1.165, 1.54) is 276 Å². The number of ether oxygens (including phenoxy) is 2. The highest BCUT2D eigenvalue weighted by Gasteiger charge is 2.22. The zero-order valence-corrected chi connectivity index (χ0v) is 59.8. The van der Waals surface area contributed by atoms with E-state index in [0.717, 1.165) is 64.2 Å². The molecule has 0 N–H and O–H groups in total. The molecular formula is C78H146NO8P. The fourth-order valence-electron chi connectivity index (χ4n) is 11.3. The van der Waals surface area contributed by atoms with Crippen LogP contribution in [0.5, 0.6) is 0 Å². The molecule has 9 nitrogen and oxygen atoms in total. The van der Waals surface area contributed by atoms with Gasteiger partial charge in [0.05, 0.1) is 27.7 Å². The van der Waals surface area contributed by atoms with Crippen molar-refractivity contribution in [2.75, 3.05) is 47.5 Å². The van der Waals surface area contributed by atoms with E-state index in [1.54, 1.807) is 0 Å². The second-order valence-electron chi connectivity index (χ2n) is 27.0. The Hall–Kier alpha value is -2.29. The van der Waals surface area contributed by atoms with Gasteiger partial charge in [-0.25, -0.2) is 0 Å². The van der Waals surface area contributed by atoms with Crippen molar-refractivity contribution in [3.8, 4) is 0 Å². The maximum absolute atomic E-state index is 12.9. The van der Waals surface area contributed by atoms with Gasteiger partial charge in [-0.15, -0.1) is 0 Å². The molecule has 2 unspecified atom stereocenters. The highest BCUT2D eigenvalue weighted by Crippen LogP contribution is 2.38. The second-order valence-corrected chi connectivity index (χ2v) is 28.4. The minimum atomic E-state index is -4.64. The number of nitrogens with zero attached hydrogens (tertiary/aromatic N) is 1. The summed E-state index contributed by atoms with van der Waals surface area (Å²) >= 11 is 0. The van der Waals surface area contributed by atoms with Gasteiger partial charge < -0.3 is 27.9 Å². The number of esters is 2. The molecule has 2 atom stereocenters. The van der Waals surface area contributed by atoms with Crippen LogP contribution < -0.4 is 4.89 Å². The number of hydrogen-bond acceptors (Lipinski definition) is 8. The molecule has 0 aromatic carbocycles. The van der Waals surface area contributed by atoms with Crippen molar-refractivity contribution in [2.24, 2.45) is 0 Å². The van der Waals surface area contributed by atoms with Gasteiger partial charge in [0.15, 0.2) is 6.10 Å². The summed E-state index contributed by atoms with van der Waals surface area (Å²) in [5.74, 6) is -0.810. The lowest BCUT2D eigenvalue weighted by Gasteiger charge is -2.28. The number of hydrogen-bond donors (Lipinski definition) is 0. The summed E-state index contributed by atoms with van der Waals surface area (Å²) in [7, 11) is 1.19. The Morgan fingerprint density at radius 2 is 0.648 bits per heavy atom. The average Bonchev–Trinajstić information content (AvgIpc) is 3.68. The first kappa shape index (κ1) is 85.7. The van der Waals surface area contributed by atoms with Crippen LogP contribution in [0.25, 0.3) is 0 Å². The van der Waals surface area contributed by atoms with Crippen LogP contribution in [0.15, 0.2) is 60.8 Å². The van der Waals surface area contributed by atoms with Crippen molar-refractivity contribution < 1.29 is 42.1 Å². The van der Waals surface area contributed by atoms with Gasteiger partial charge in [0.2, 0.25) is 0 Å². The quantitative estimate of drug-likeness (QED) is 0.0195. The number of likely N-dealkylation sites (N-methyl/N-ethyl adjacent to an activating group) is 1. The minimum absolute atomic E-state index is 0.0282. The minimum Gasteiger partial charge on any atom is -0.756 e. The fraction of sp³-hybridized carbons (Fsp3) is 0.846. The molecule has 0 aromatic heterocycles. The molecule has 10 heteroatoms. The molecule has 0 amide bonds. The van der Waals surface area contributed by atoms with E-state index in [-0.39, 0.29) is 32.0 Å². The van der Waals surface area contributed by atoms with Gasteiger partial charge in [-0.3, -0.25) is 14.2 Å². The van der Waals surface area contributed by atoms with Crippen LogP contribution in [-0.4, -0.2) is 70.0 Å². The third-order valence-electron chi connectivity index (χ3n) is 17.1. The van der Waals surface area contributed by atoms with Crippen LogP contribution in [0, 0.1) is 0 Å². The topological polar surface area (TPSA) is 111 Å². The van der Waals surface area contributed by atoms with E-state index in [1.807, 2.05) is 21.1 Å². The molecule has 0 aliphatic rings. The number of phosphoric ester groups is 1. The lowest BCUT2D eigenvalue weighted by molar-refractivity contribution is -0.870. The number of quaternary nitrogens is 1. The number of unbranched alkanes of at least 4 members (excludes halogenated alkanes) is 47. The van der Waals surface area contributed by atoms with Crippen molar-refractivity contribution in [1.82, 2.24) is 0 Å². The maximum Gasteiger partial charge on any atom is 0.306 e. The maximum atomic E-state index is 12.9. The van der Waals surface area contributed by atoms with E-state index >= 15 is 0 Å². The van der Waals surface area contributed by atoms with Gasteiger partial charge in [0.1, 0.15) is 19.8 Å². The highest BCUT2D eigenvalue weighted by atomic mass is 31.2. The molecule has 0 heterocycles. The summed E-state index contributed by atoms with van der Waals surface area (Å²) in [6.07, 6.45) is 91.9. The van der Waals surface area contributed by atoms with Crippen molar-refractivity contribution in [3.63, 3.8) is 0 Å². The molecule has 0 fully saturated rings. The molecule has 0 aliphatic carbocycles. The number of carbonyl (C=O) groups is 2. The fourth-order valence-corrected chi connectivity index (χ4v) is 12.0. The van der Waals surface area contributed by atoms with Gasteiger partial charge >= 0.3 is 11.9 Å². The van der Waals surface area contributed by atoms with Crippen molar-refractivity contribution in [3.05, 3.63) is 60.8 Å². The summed E-state index contributed by atoms with van der Waals surface area (Å²) in [6.45, 7) is 4.20. The van der Waals surface area contributed by atoms with Crippen LogP contribution in [0.3, 0.4) is 0 Å². The zero-order valence-electron chi connectivity index (χ0n) is 58.9. The molecule has 0 spiro atoms. The lowest BCUT2D eigenvalue weighted by Crippen LogP contribution is -2.37. The lowest BCUT2D eigenvalue weighted by atomic mass is 10.0. The van der Waals surface area contributed by atoms with E-state index < -0.39 is 26.5 Å². The summed E-state index contributed by atoms with van der Waals surface area (Å²) in [5, 5.41) is 0. The normalized spacial score (nSPS) is 13.4. The Morgan fingerprint density at radius 1 is 0.364 bits per heavy atom. The first-order valence-electron chi connectivity index (χ1n) is 38.0. The van der Waals surface area contributed by atoms with Crippen molar-refractivity contribution in [2.45, 2.75) is 380 Å². The van der Waals surface area contributed by atoms with Crippen molar-refractivity contribution in [1.29, 1.82) is 0 Å². The smallest absolute Gasteiger partial charge is 0.306 e. The average molecular weight is 1260 g/mol. The molecule has 0 saturated carbocycles. The zero-order chi connectivity index (χ0) is 64.1. The van der Waals surface area contributed by atoms with Gasteiger partial charge in [0, 0.05) is 12.8 Å². The largest absolute Gasteiger partial charge is 0.756 e. The van der Waals surface area contributed by atoms with Crippen LogP contribution in [0.1, 0.15) is 373 Å². The Labute approximate surface area is 546 Å². The highest BCUT2D eigenvalue weighted by molar-refractivity contribution is 7.45. The Kier molecular flexibility index (Phi) is 67.3. The Balaban J connectivity index is 3.94. The number of allylic oxidation sites excluding steroid dienone is 10. The van der Waals surface area contributed by atoms with Crippen molar-refractivity contribution >= 4 is 19.8 Å². The molecule has 0 saturated heterocycles. The molecule has 0 radical (unpaired) electrons. The molecule has 0 rings (SSSR count). The van der Waals surface area contributed by atoms with Gasteiger partial charge in [-0.05, 0) is 57.8 Å². The molecule has 88 heavy (non-hydrogen) atoms. The predicted octanol–water partition coefficient (Wildman–Crippen LogP) is 24.3. The first-order valence-corrected chi connectivity index (χ1v) is 39.5. The third-order valence-corrected chi connectivity index (χ3v) is 18.0. The molecule has 0 aliphatic heterocycles. The molecule has 516 valence electrons. The van der Waals surface area contributed by atoms with E-state index in [2.05, 4.69) is 74.6 Å². The number of carbonyl (C=O) groups excluding carboxylic acids is 2. The van der Waals surface area contributed by atoms with Gasteiger partial charge in [0.25, 0.3) is 7.82 Å². The Morgan fingerprint density at radius 3 is 0.966 bits per heavy atom. The predicted molar refractivity (Wildman–Crippen MR) is 379 cm³/mol. The Bertz CT molecular complexity index is 1670. The summed E-state index contributed by atoms with van der Waals surface area (Å²) < 4.78 is 34.4. The molecule has 0 aromatic rings. The third kappa shape index (κ3) is 72.8. The van der Waals surface area contributed by atoms with E-state index in [4.69, 9.17) is 18.5 Å². The second kappa shape index (κ2) is 69.1. The van der Waals surface area contributed by atoms with Crippen LogP contribution >= 0.6 is 7.82 Å². The van der Waals surface area contributed by atoms with Crippen LogP contribution in [0.4, 0.5) is 0 Å². The standard InChI is InChI=1S/C78H146NO8P/c1-6-8-10-12-14-16-18-20-22-24-26-28-30-32-34-35-36-37-38-39-40-41-42-43-45-47-49-51-53-55-57-59-61-63-65-67-69-71-78(81)87-76(75-86-88(82,83)85-73-72-79(3,4)5)74-84-77(80)70-68-66-64-62-60-58-56-54-52-50-48-46-44-33-31-29-27-25-23-21-19-17-15-13-11-9-7-2/h8,10,14,16,20,22,26,28,32,34,76H,6-7,9,11-13,15,17-19,21,23-25,27,29-31,33,35-75H2,1-5H3/b10-8-,16-14-,22-20-,28-26-,34-32-. The van der Waals surface area contributed by atoms with Gasteiger partial charge in [-0.1, -0.05) is 364 Å². The number of rotatable bonds is 71. The van der Waals surface area contributed by atoms with E-state index in [9.17, 15) is 19.0 Å². The number of phosphoric acid groups is 1. The summed E-state index contributed by atoms with van der Waals surface area (Å²) in [6, 6.07) is 0. The molecule has 0 bridgehead atoms.